The summed E-state index contributed by atoms with van der Waals surface area (Å²) in [5.41, 5.74) is 3.53. The van der Waals surface area contributed by atoms with Crippen LogP contribution in [0.1, 0.15) is 36.5 Å². The minimum atomic E-state index is -0.440. The molecule has 3 rings (SSSR count). The first kappa shape index (κ1) is 22.9. The van der Waals surface area contributed by atoms with Crippen LogP contribution in [0.2, 0.25) is 5.02 Å². The maximum Gasteiger partial charge on any atom is 0.136 e. The van der Waals surface area contributed by atoms with E-state index in [9.17, 15) is 5.11 Å². The van der Waals surface area contributed by atoms with Gasteiger partial charge in [-0.05, 0) is 38.0 Å². The monoisotopic (exact) mass is 432 g/mol. The van der Waals surface area contributed by atoms with Gasteiger partial charge in [-0.1, -0.05) is 30.7 Å². The molecule has 30 heavy (non-hydrogen) atoms. The van der Waals surface area contributed by atoms with Crippen LogP contribution in [0.15, 0.2) is 24.3 Å². The number of rotatable bonds is 9. The first-order valence-corrected chi connectivity index (χ1v) is 11.2. The Balaban J connectivity index is 1.74. The van der Waals surface area contributed by atoms with Crippen molar-refractivity contribution in [3.8, 4) is 0 Å². The molecule has 2 heterocycles. The fourth-order valence-corrected chi connectivity index (χ4v) is 4.05. The summed E-state index contributed by atoms with van der Waals surface area (Å²) in [7, 11) is 0. The van der Waals surface area contributed by atoms with Gasteiger partial charge >= 0.3 is 0 Å². The topological polar surface area (TPSA) is 61.7 Å². The third-order valence-electron chi connectivity index (χ3n) is 5.47. The molecule has 7 heteroatoms. The van der Waals surface area contributed by atoms with E-state index in [0.717, 1.165) is 61.4 Å². The highest BCUT2D eigenvalue weighted by Gasteiger charge is 2.24. The zero-order chi connectivity index (χ0) is 21.5. The molecule has 164 valence electrons. The summed E-state index contributed by atoms with van der Waals surface area (Å²) in [6.07, 6.45) is 1.23. The summed E-state index contributed by atoms with van der Waals surface area (Å²) in [4.78, 5) is 14.2. The Kier molecular flexibility index (Phi) is 8.45. The first-order chi connectivity index (χ1) is 14.5. The van der Waals surface area contributed by atoms with Crippen LogP contribution in [0, 0.1) is 6.92 Å². The summed E-state index contributed by atoms with van der Waals surface area (Å²) < 4.78 is 5.33. The number of aliphatic hydroxyl groups is 1. The van der Waals surface area contributed by atoms with E-state index in [-0.39, 0.29) is 0 Å². The van der Waals surface area contributed by atoms with Crippen molar-refractivity contribution in [2.75, 3.05) is 50.8 Å². The molecule has 6 nitrogen and oxygen atoms in total. The number of nitrogens with zero attached hydrogens (tertiary/aromatic N) is 4. The Hall–Kier alpha value is -1.73. The average molecular weight is 433 g/mol. The summed E-state index contributed by atoms with van der Waals surface area (Å²) in [6.45, 7) is 11.3. The number of β-amino-alcohol motifs (C(OH)–C–C–N with tert-alkyl or cyclic N) is 1. The molecule has 1 aromatic heterocycles. The molecule has 0 bridgehead atoms. The number of hydrogen-bond acceptors (Lipinski definition) is 6. The number of aromatic nitrogens is 2. The summed E-state index contributed by atoms with van der Waals surface area (Å²) in [6, 6.07) is 8.01. The van der Waals surface area contributed by atoms with E-state index in [1.807, 2.05) is 26.0 Å². The van der Waals surface area contributed by atoms with Crippen molar-refractivity contribution in [2.45, 2.75) is 39.7 Å². The second-order valence-electron chi connectivity index (χ2n) is 7.78. The normalized spacial score (nSPS) is 16.1. The fraction of sp³-hybridized carbons (Fsp3) is 0.565. The molecule has 0 spiro atoms. The van der Waals surface area contributed by atoms with Gasteiger partial charge in [0.2, 0.25) is 0 Å². The van der Waals surface area contributed by atoms with Crippen LogP contribution in [0.25, 0.3) is 0 Å². The summed E-state index contributed by atoms with van der Waals surface area (Å²) in [5.74, 6) is 1.86. The van der Waals surface area contributed by atoms with Crippen molar-refractivity contribution < 1.29 is 9.84 Å². The highest BCUT2D eigenvalue weighted by molar-refractivity contribution is 6.30. The number of piperazine rings is 1. The SMILES string of the molecule is CCOC[C@@H](O)CN1CCN(c2nc(C)nc(CC)c2Cc2ccc(Cl)cc2)CC1. The van der Waals surface area contributed by atoms with Gasteiger partial charge in [0.05, 0.1) is 12.7 Å². The molecule has 1 aromatic carbocycles. The molecule has 0 radical (unpaired) electrons. The molecular formula is C23H33ClN4O2. The number of aryl methyl sites for hydroxylation is 2. The van der Waals surface area contributed by atoms with Gasteiger partial charge in [0.1, 0.15) is 11.6 Å². The Bertz CT molecular complexity index is 808. The third-order valence-corrected chi connectivity index (χ3v) is 5.72. The van der Waals surface area contributed by atoms with Crippen molar-refractivity contribution in [3.63, 3.8) is 0 Å². The molecule has 1 N–H and O–H groups in total. The Morgan fingerprint density at radius 3 is 2.43 bits per heavy atom. The second-order valence-corrected chi connectivity index (χ2v) is 8.21. The first-order valence-electron chi connectivity index (χ1n) is 10.8. The fourth-order valence-electron chi connectivity index (χ4n) is 3.93. The smallest absolute Gasteiger partial charge is 0.136 e. The lowest BCUT2D eigenvalue weighted by Gasteiger charge is -2.37. The van der Waals surface area contributed by atoms with Crippen LogP contribution in [0.4, 0.5) is 5.82 Å². The molecule has 0 amide bonds. The molecule has 0 aliphatic carbocycles. The Labute approximate surface area is 184 Å². The van der Waals surface area contributed by atoms with Crippen LogP contribution >= 0.6 is 11.6 Å². The molecule has 0 saturated carbocycles. The lowest BCUT2D eigenvalue weighted by molar-refractivity contribution is 0.0202. The molecule has 1 aliphatic heterocycles. The van der Waals surface area contributed by atoms with Gasteiger partial charge in [-0.25, -0.2) is 9.97 Å². The number of anilines is 1. The second kappa shape index (κ2) is 11.0. The molecule has 1 atom stereocenters. The zero-order valence-electron chi connectivity index (χ0n) is 18.3. The number of hydrogen-bond donors (Lipinski definition) is 1. The number of halogens is 1. The maximum absolute atomic E-state index is 10.1. The van der Waals surface area contributed by atoms with Gasteiger partial charge < -0.3 is 14.7 Å². The summed E-state index contributed by atoms with van der Waals surface area (Å²) in [5, 5.41) is 10.9. The van der Waals surface area contributed by atoms with Gasteiger partial charge in [0, 0.05) is 62.0 Å². The van der Waals surface area contributed by atoms with E-state index >= 15 is 0 Å². The minimum Gasteiger partial charge on any atom is -0.389 e. The van der Waals surface area contributed by atoms with Gasteiger partial charge in [-0.3, -0.25) is 4.90 Å². The lowest BCUT2D eigenvalue weighted by atomic mass is 10.0. The number of ether oxygens (including phenoxy) is 1. The molecule has 1 aliphatic rings. The van der Waals surface area contributed by atoms with Crippen molar-refractivity contribution in [3.05, 3.63) is 51.9 Å². The Morgan fingerprint density at radius 1 is 1.10 bits per heavy atom. The predicted molar refractivity (Wildman–Crippen MR) is 122 cm³/mol. The maximum atomic E-state index is 10.1. The van der Waals surface area contributed by atoms with E-state index in [1.54, 1.807) is 0 Å². The molecule has 2 aromatic rings. The predicted octanol–water partition coefficient (Wildman–Crippen LogP) is 3.11. The highest BCUT2D eigenvalue weighted by Crippen LogP contribution is 2.26. The van der Waals surface area contributed by atoms with Gasteiger partial charge in [0.25, 0.3) is 0 Å². The molecule has 1 saturated heterocycles. The quantitative estimate of drug-likeness (QED) is 0.657. The van der Waals surface area contributed by atoms with E-state index < -0.39 is 6.10 Å². The van der Waals surface area contributed by atoms with Crippen LogP contribution in [0.5, 0.6) is 0 Å². The minimum absolute atomic E-state index is 0.396. The van der Waals surface area contributed by atoms with Crippen molar-refractivity contribution in [1.82, 2.24) is 14.9 Å². The van der Waals surface area contributed by atoms with E-state index in [1.165, 1.54) is 11.1 Å². The average Bonchev–Trinajstić information content (AvgIpc) is 2.75. The van der Waals surface area contributed by atoms with Gasteiger partial charge in [-0.2, -0.15) is 0 Å². The van der Waals surface area contributed by atoms with E-state index in [0.29, 0.717) is 19.8 Å². The molecule has 0 unspecified atom stereocenters. The Morgan fingerprint density at radius 2 is 1.80 bits per heavy atom. The van der Waals surface area contributed by atoms with Crippen molar-refractivity contribution in [1.29, 1.82) is 0 Å². The van der Waals surface area contributed by atoms with Crippen molar-refractivity contribution >= 4 is 17.4 Å². The number of aliphatic hydroxyl groups excluding tert-OH is 1. The summed E-state index contributed by atoms with van der Waals surface area (Å²) >= 11 is 6.06. The zero-order valence-corrected chi connectivity index (χ0v) is 19.0. The van der Waals surface area contributed by atoms with Crippen LogP contribution in [-0.4, -0.2) is 72.0 Å². The van der Waals surface area contributed by atoms with E-state index in [4.69, 9.17) is 26.3 Å². The van der Waals surface area contributed by atoms with E-state index in [2.05, 4.69) is 28.9 Å². The van der Waals surface area contributed by atoms with Crippen molar-refractivity contribution in [2.24, 2.45) is 0 Å². The van der Waals surface area contributed by atoms with Crippen LogP contribution in [0.3, 0.4) is 0 Å². The van der Waals surface area contributed by atoms with Gasteiger partial charge in [-0.15, -0.1) is 0 Å². The highest BCUT2D eigenvalue weighted by atomic mass is 35.5. The van der Waals surface area contributed by atoms with Gasteiger partial charge in [0.15, 0.2) is 0 Å². The molecule has 1 fully saturated rings. The largest absolute Gasteiger partial charge is 0.389 e. The molecular weight excluding hydrogens is 400 g/mol. The number of benzene rings is 1. The standard InChI is InChI=1S/C23H33ClN4O2/c1-4-22-21(14-18-6-8-19(24)9-7-18)23(26-17(3)25-22)28-12-10-27(11-13-28)15-20(29)16-30-5-2/h6-9,20,29H,4-5,10-16H2,1-3H3/t20-/m0/s1. The van der Waals surface area contributed by atoms with Crippen LogP contribution in [-0.2, 0) is 17.6 Å². The van der Waals surface area contributed by atoms with Crippen LogP contribution < -0.4 is 4.90 Å². The third kappa shape index (κ3) is 6.14. The lowest BCUT2D eigenvalue weighted by Crippen LogP contribution is -2.49.